The molecule has 0 spiro atoms. The molecule has 7 heteroatoms. The second kappa shape index (κ2) is 9.68. The van der Waals surface area contributed by atoms with Gasteiger partial charge in [0.15, 0.2) is 6.61 Å². The summed E-state index contributed by atoms with van der Waals surface area (Å²) >= 11 is 0. The topological polar surface area (TPSA) is 83.6 Å². The van der Waals surface area contributed by atoms with E-state index in [9.17, 15) is 9.59 Å². The van der Waals surface area contributed by atoms with E-state index < -0.39 is 0 Å². The number of carbonyl (C=O) groups is 2. The predicted molar refractivity (Wildman–Crippen MR) is 127 cm³/mol. The third-order valence-corrected chi connectivity index (χ3v) is 5.60. The summed E-state index contributed by atoms with van der Waals surface area (Å²) in [6.45, 7) is 5.59. The summed E-state index contributed by atoms with van der Waals surface area (Å²) in [7, 11) is 0. The molecule has 3 aromatic rings. The molecule has 7 nitrogen and oxygen atoms in total. The van der Waals surface area contributed by atoms with E-state index in [1.54, 1.807) is 24.3 Å². The molecular formula is C25H28N4O3. The van der Waals surface area contributed by atoms with Gasteiger partial charge in [0, 0.05) is 36.8 Å². The summed E-state index contributed by atoms with van der Waals surface area (Å²) < 4.78 is 5.84. The maximum Gasteiger partial charge on any atom is 0.262 e. The number of ether oxygens (including phenoxy) is 1. The van der Waals surface area contributed by atoms with Crippen LogP contribution in [0.15, 0.2) is 54.6 Å². The van der Waals surface area contributed by atoms with Crippen molar-refractivity contribution >= 4 is 39.9 Å². The first-order valence-corrected chi connectivity index (χ1v) is 10.9. The summed E-state index contributed by atoms with van der Waals surface area (Å²) in [4.78, 5) is 30.8. The van der Waals surface area contributed by atoms with Crippen LogP contribution in [0.25, 0.3) is 10.9 Å². The van der Waals surface area contributed by atoms with Crippen LogP contribution in [0.5, 0.6) is 5.75 Å². The molecular weight excluding hydrogens is 404 g/mol. The molecule has 2 N–H and O–H groups in total. The first-order valence-electron chi connectivity index (χ1n) is 10.9. The molecule has 1 saturated heterocycles. The van der Waals surface area contributed by atoms with Gasteiger partial charge < -0.3 is 20.3 Å². The molecule has 32 heavy (non-hydrogen) atoms. The van der Waals surface area contributed by atoms with E-state index in [0.29, 0.717) is 17.1 Å². The Morgan fingerprint density at radius 3 is 2.50 bits per heavy atom. The number of rotatable bonds is 6. The van der Waals surface area contributed by atoms with Gasteiger partial charge in [0.05, 0.1) is 0 Å². The highest BCUT2D eigenvalue weighted by Crippen LogP contribution is 2.28. The van der Waals surface area contributed by atoms with E-state index in [0.717, 1.165) is 35.7 Å². The van der Waals surface area contributed by atoms with Gasteiger partial charge in [0.1, 0.15) is 17.1 Å². The summed E-state index contributed by atoms with van der Waals surface area (Å²) in [6.07, 6.45) is 2.34. The van der Waals surface area contributed by atoms with Crippen LogP contribution in [-0.4, -0.2) is 36.5 Å². The first-order chi connectivity index (χ1) is 15.5. The van der Waals surface area contributed by atoms with E-state index in [-0.39, 0.29) is 18.4 Å². The monoisotopic (exact) mass is 432 g/mol. The lowest BCUT2D eigenvalue weighted by molar-refractivity contribution is -0.118. The number of nitrogens with zero attached hydrogens (tertiary/aromatic N) is 2. The predicted octanol–water partition coefficient (Wildman–Crippen LogP) is 4.45. The van der Waals surface area contributed by atoms with Gasteiger partial charge in [-0.1, -0.05) is 25.1 Å². The summed E-state index contributed by atoms with van der Waals surface area (Å²) in [5, 5.41) is 6.47. The minimum absolute atomic E-state index is 0.142. The lowest BCUT2D eigenvalue weighted by Gasteiger charge is -2.31. The van der Waals surface area contributed by atoms with Crippen molar-refractivity contribution in [1.29, 1.82) is 0 Å². The molecule has 2 aromatic carbocycles. The Morgan fingerprint density at radius 1 is 1.03 bits per heavy atom. The molecule has 0 unspecified atom stereocenters. The zero-order chi connectivity index (χ0) is 22.5. The van der Waals surface area contributed by atoms with E-state index in [1.807, 2.05) is 18.2 Å². The van der Waals surface area contributed by atoms with Gasteiger partial charge in [-0.05, 0) is 55.2 Å². The Kier molecular flexibility index (Phi) is 6.54. The number of hydrogen-bond acceptors (Lipinski definition) is 5. The van der Waals surface area contributed by atoms with Crippen LogP contribution in [0.4, 0.5) is 17.2 Å². The van der Waals surface area contributed by atoms with Gasteiger partial charge in [0.2, 0.25) is 5.91 Å². The van der Waals surface area contributed by atoms with Gasteiger partial charge in [-0.25, -0.2) is 4.98 Å². The van der Waals surface area contributed by atoms with Crippen molar-refractivity contribution in [2.24, 2.45) is 5.92 Å². The van der Waals surface area contributed by atoms with Crippen molar-refractivity contribution < 1.29 is 14.3 Å². The highest BCUT2D eigenvalue weighted by Gasteiger charge is 2.18. The van der Waals surface area contributed by atoms with Gasteiger partial charge in [-0.3, -0.25) is 9.59 Å². The van der Waals surface area contributed by atoms with Gasteiger partial charge >= 0.3 is 0 Å². The minimum atomic E-state index is -0.289. The van der Waals surface area contributed by atoms with Crippen molar-refractivity contribution in [2.75, 3.05) is 35.2 Å². The molecule has 1 fully saturated rings. The Labute approximate surface area is 187 Å². The smallest absolute Gasteiger partial charge is 0.262 e. The molecule has 1 aromatic heterocycles. The molecule has 1 aliphatic rings. The number of fused-ring (bicyclic) bond motifs is 1. The Hall–Kier alpha value is -3.61. The molecule has 0 aliphatic carbocycles. The van der Waals surface area contributed by atoms with Crippen LogP contribution in [0.2, 0.25) is 0 Å². The zero-order valence-electron chi connectivity index (χ0n) is 18.4. The lowest BCUT2D eigenvalue weighted by Crippen LogP contribution is -2.33. The number of para-hydroxylation sites is 1. The number of aromatic nitrogens is 1. The Balaban J connectivity index is 1.44. The molecule has 0 saturated carbocycles. The van der Waals surface area contributed by atoms with E-state index in [2.05, 4.69) is 34.6 Å². The van der Waals surface area contributed by atoms with Crippen molar-refractivity contribution in [3.63, 3.8) is 0 Å². The minimum Gasteiger partial charge on any atom is -0.481 e. The fourth-order valence-electron chi connectivity index (χ4n) is 3.86. The summed E-state index contributed by atoms with van der Waals surface area (Å²) in [6, 6.07) is 16.8. The Morgan fingerprint density at radius 2 is 1.75 bits per heavy atom. The average molecular weight is 433 g/mol. The number of nitrogens with one attached hydrogen (secondary N) is 2. The molecule has 2 heterocycles. The molecule has 1 aliphatic heterocycles. The molecule has 0 radical (unpaired) electrons. The van der Waals surface area contributed by atoms with E-state index >= 15 is 0 Å². The first kappa shape index (κ1) is 21.6. The summed E-state index contributed by atoms with van der Waals surface area (Å²) in [5.41, 5.74) is 1.96. The van der Waals surface area contributed by atoms with E-state index in [4.69, 9.17) is 9.72 Å². The molecule has 0 bridgehead atoms. The number of amides is 2. The van der Waals surface area contributed by atoms with Gasteiger partial charge in [-0.2, -0.15) is 0 Å². The third-order valence-electron chi connectivity index (χ3n) is 5.60. The quantitative estimate of drug-likeness (QED) is 0.601. The molecule has 0 atom stereocenters. The maximum atomic E-state index is 12.4. The second-order valence-corrected chi connectivity index (χ2v) is 8.27. The van der Waals surface area contributed by atoms with Crippen LogP contribution in [0, 0.1) is 5.92 Å². The maximum absolute atomic E-state index is 12.4. The second-order valence-electron chi connectivity index (χ2n) is 8.27. The van der Waals surface area contributed by atoms with Crippen molar-refractivity contribution in [3.8, 4) is 5.75 Å². The third kappa shape index (κ3) is 5.35. The summed E-state index contributed by atoms with van der Waals surface area (Å²) in [5.74, 6) is 1.82. The van der Waals surface area contributed by atoms with Crippen molar-refractivity contribution in [2.45, 2.75) is 26.7 Å². The number of carbonyl (C=O) groups excluding carboxylic acids is 2. The Bertz CT molecular complexity index is 1120. The number of pyridine rings is 1. The van der Waals surface area contributed by atoms with Gasteiger partial charge in [-0.15, -0.1) is 0 Å². The molecule has 4 rings (SSSR count). The van der Waals surface area contributed by atoms with Crippen LogP contribution in [0.3, 0.4) is 0 Å². The number of benzene rings is 2. The van der Waals surface area contributed by atoms with Crippen molar-refractivity contribution in [1.82, 2.24) is 4.98 Å². The lowest BCUT2D eigenvalue weighted by atomic mass is 9.99. The number of piperidine rings is 1. The van der Waals surface area contributed by atoms with Gasteiger partial charge in [0.25, 0.3) is 5.91 Å². The molecule has 166 valence electrons. The zero-order valence-corrected chi connectivity index (χ0v) is 18.4. The fourth-order valence-corrected chi connectivity index (χ4v) is 3.86. The fraction of sp³-hybridized carbons (Fsp3) is 0.320. The molecule has 2 amide bonds. The standard InChI is InChI=1S/C25H28N4O3/c1-17-11-13-29(14-12-17)23-10-9-19-5-3-8-22(25(19)28-23)32-16-24(31)27-21-7-4-6-20(15-21)26-18(2)30/h3-10,15,17H,11-14,16H2,1-2H3,(H,26,30)(H,27,31). The highest BCUT2D eigenvalue weighted by molar-refractivity contribution is 5.94. The highest BCUT2D eigenvalue weighted by atomic mass is 16.5. The normalized spacial score (nSPS) is 14.2. The number of anilines is 3. The van der Waals surface area contributed by atoms with Crippen molar-refractivity contribution in [3.05, 3.63) is 54.6 Å². The SMILES string of the molecule is CC(=O)Nc1cccc(NC(=O)COc2cccc3ccc(N4CCC(C)CC4)nc23)c1. The van der Waals surface area contributed by atoms with E-state index in [1.165, 1.54) is 19.8 Å². The number of hydrogen-bond donors (Lipinski definition) is 2. The van der Waals surface area contributed by atoms with Crippen LogP contribution in [-0.2, 0) is 9.59 Å². The van der Waals surface area contributed by atoms with Crippen LogP contribution >= 0.6 is 0 Å². The van der Waals surface area contributed by atoms with Crippen LogP contribution in [0.1, 0.15) is 26.7 Å². The largest absolute Gasteiger partial charge is 0.481 e. The average Bonchev–Trinajstić information content (AvgIpc) is 2.77. The van der Waals surface area contributed by atoms with Crippen LogP contribution < -0.4 is 20.3 Å².